The molecule has 0 aliphatic carbocycles. The van der Waals surface area contributed by atoms with Crippen molar-refractivity contribution in [3.8, 4) is 5.75 Å². The van der Waals surface area contributed by atoms with Crippen LogP contribution in [0.2, 0.25) is 0 Å². The summed E-state index contributed by atoms with van der Waals surface area (Å²) in [5.41, 5.74) is 2.26. The molecule has 2 amide bonds. The SMILES string of the molecule is COc1ccc(CCN2C(=O)C(SCc3ccco3)=C(c3ccccc3)C2=O)cc1. The molecule has 6 heteroatoms. The molecule has 0 atom stereocenters. The van der Waals surface area contributed by atoms with Crippen molar-refractivity contribution in [3.63, 3.8) is 0 Å². The lowest BCUT2D eigenvalue weighted by molar-refractivity contribution is -0.136. The van der Waals surface area contributed by atoms with Gasteiger partial charge in [-0.05, 0) is 41.8 Å². The topological polar surface area (TPSA) is 59.8 Å². The summed E-state index contributed by atoms with van der Waals surface area (Å²) >= 11 is 1.34. The molecular formula is C24H21NO4S. The maximum atomic E-state index is 13.2. The Morgan fingerprint density at radius 1 is 0.933 bits per heavy atom. The Morgan fingerprint density at radius 3 is 2.37 bits per heavy atom. The van der Waals surface area contributed by atoms with Gasteiger partial charge in [0, 0.05) is 6.54 Å². The van der Waals surface area contributed by atoms with Crippen molar-refractivity contribution in [3.05, 3.63) is 94.8 Å². The quantitative estimate of drug-likeness (QED) is 0.502. The Hall–Kier alpha value is -3.25. The Kier molecular flexibility index (Phi) is 6.05. The van der Waals surface area contributed by atoms with Gasteiger partial charge < -0.3 is 9.15 Å². The third-order valence-corrected chi connectivity index (χ3v) is 6.01. The first-order valence-corrected chi connectivity index (χ1v) is 10.6. The number of carbonyl (C=O) groups is 2. The molecule has 1 aromatic heterocycles. The number of ether oxygens (including phenoxy) is 1. The summed E-state index contributed by atoms with van der Waals surface area (Å²) in [7, 11) is 1.62. The van der Waals surface area contributed by atoms with E-state index in [4.69, 9.17) is 9.15 Å². The molecule has 0 fully saturated rings. The van der Waals surface area contributed by atoms with Crippen LogP contribution in [-0.4, -0.2) is 30.4 Å². The van der Waals surface area contributed by atoms with Crippen LogP contribution < -0.4 is 4.74 Å². The van der Waals surface area contributed by atoms with Gasteiger partial charge in [-0.3, -0.25) is 14.5 Å². The Balaban J connectivity index is 1.55. The number of furan rings is 1. The lowest BCUT2D eigenvalue weighted by Crippen LogP contribution is -2.33. The fraction of sp³-hybridized carbons (Fsp3) is 0.167. The molecule has 4 rings (SSSR count). The Morgan fingerprint density at radius 2 is 1.70 bits per heavy atom. The Bertz CT molecular complexity index is 1060. The second-order valence-electron chi connectivity index (χ2n) is 6.80. The van der Waals surface area contributed by atoms with Crippen molar-refractivity contribution in [1.29, 1.82) is 0 Å². The minimum Gasteiger partial charge on any atom is -0.497 e. The molecule has 30 heavy (non-hydrogen) atoms. The molecular weight excluding hydrogens is 398 g/mol. The van der Waals surface area contributed by atoms with Crippen LogP contribution in [0.1, 0.15) is 16.9 Å². The maximum Gasteiger partial charge on any atom is 0.268 e. The first-order valence-electron chi connectivity index (χ1n) is 9.61. The highest BCUT2D eigenvalue weighted by Gasteiger charge is 2.38. The van der Waals surface area contributed by atoms with E-state index in [9.17, 15) is 9.59 Å². The number of benzene rings is 2. The van der Waals surface area contributed by atoms with Crippen molar-refractivity contribution < 1.29 is 18.7 Å². The summed E-state index contributed by atoms with van der Waals surface area (Å²) < 4.78 is 10.6. The van der Waals surface area contributed by atoms with E-state index >= 15 is 0 Å². The van der Waals surface area contributed by atoms with E-state index in [1.807, 2.05) is 66.7 Å². The van der Waals surface area contributed by atoms with E-state index < -0.39 is 0 Å². The molecule has 0 spiro atoms. The van der Waals surface area contributed by atoms with Crippen LogP contribution in [0.5, 0.6) is 5.75 Å². The Labute approximate surface area is 179 Å². The lowest BCUT2D eigenvalue weighted by atomic mass is 10.1. The van der Waals surface area contributed by atoms with Gasteiger partial charge in [0.05, 0.1) is 29.6 Å². The highest BCUT2D eigenvalue weighted by atomic mass is 32.2. The summed E-state index contributed by atoms with van der Waals surface area (Å²) in [6.45, 7) is 0.325. The van der Waals surface area contributed by atoms with Gasteiger partial charge in [-0.25, -0.2) is 0 Å². The van der Waals surface area contributed by atoms with Gasteiger partial charge in [-0.2, -0.15) is 0 Å². The zero-order chi connectivity index (χ0) is 20.9. The summed E-state index contributed by atoms with van der Waals surface area (Å²) in [4.78, 5) is 28.2. The number of methoxy groups -OCH3 is 1. The minimum absolute atomic E-state index is 0.246. The highest BCUT2D eigenvalue weighted by Crippen LogP contribution is 2.37. The number of thioether (sulfide) groups is 1. The molecule has 5 nitrogen and oxygen atoms in total. The fourth-order valence-electron chi connectivity index (χ4n) is 3.32. The van der Waals surface area contributed by atoms with Crippen molar-refractivity contribution in [1.82, 2.24) is 4.90 Å². The number of nitrogens with zero attached hydrogens (tertiary/aromatic N) is 1. The number of hydrogen-bond donors (Lipinski definition) is 0. The van der Waals surface area contributed by atoms with Crippen molar-refractivity contribution >= 4 is 29.1 Å². The fourth-order valence-corrected chi connectivity index (χ4v) is 4.36. The van der Waals surface area contributed by atoms with Crippen LogP contribution in [0.25, 0.3) is 5.57 Å². The van der Waals surface area contributed by atoms with Gasteiger partial charge in [-0.15, -0.1) is 11.8 Å². The predicted octanol–water partition coefficient (Wildman–Crippen LogP) is 4.54. The van der Waals surface area contributed by atoms with E-state index in [-0.39, 0.29) is 11.8 Å². The molecule has 0 saturated heterocycles. The highest BCUT2D eigenvalue weighted by molar-refractivity contribution is 8.03. The largest absolute Gasteiger partial charge is 0.497 e. The summed E-state index contributed by atoms with van der Waals surface area (Å²) in [6, 6.07) is 20.7. The lowest BCUT2D eigenvalue weighted by Gasteiger charge is -2.15. The summed E-state index contributed by atoms with van der Waals surface area (Å²) in [6.07, 6.45) is 2.19. The van der Waals surface area contributed by atoms with Crippen molar-refractivity contribution in [2.75, 3.05) is 13.7 Å². The minimum atomic E-state index is -0.248. The van der Waals surface area contributed by atoms with E-state index in [2.05, 4.69) is 0 Å². The number of imide groups is 1. The molecule has 0 saturated carbocycles. The number of rotatable bonds is 8. The van der Waals surface area contributed by atoms with E-state index in [1.165, 1.54) is 16.7 Å². The zero-order valence-electron chi connectivity index (χ0n) is 16.5. The van der Waals surface area contributed by atoms with Crippen LogP contribution in [-0.2, 0) is 21.8 Å². The maximum absolute atomic E-state index is 13.2. The van der Waals surface area contributed by atoms with Crippen molar-refractivity contribution in [2.24, 2.45) is 0 Å². The molecule has 2 aromatic carbocycles. The standard InChI is InChI=1S/C24H21NO4S/c1-28-19-11-9-17(10-12-19)13-14-25-23(26)21(18-6-3-2-4-7-18)22(24(25)27)30-16-20-8-5-15-29-20/h2-12,15H,13-14,16H2,1H3. The van der Waals surface area contributed by atoms with Gasteiger partial charge in [0.1, 0.15) is 11.5 Å². The second-order valence-corrected chi connectivity index (χ2v) is 7.78. The van der Waals surface area contributed by atoms with E-state index in [1.54, 1.807) is 13.4 Å². The van der Waals surface area contributed by atoms with Gasteiger partial charge in [-0.1, -0.05) is 42.5 Å². The molecule has 152 valence electrons. The average Bonchev–Trinajstić information content (AvgIpc) is 3.38. The molecule has 2 heterocycles. The molecule has 3 aromatic rings. The average molecular weight is 420 g/mol. The van der Waals surface area contributed by atoms with Gasteiger partial charge >= 0.3 is 0 Å². The van der Waals surface area contributed by atoms with Crippen LogP contribution in [0.3, 0.4) is 0 Å². The third kappa shape index (κ3) is 4.19. The zero-order valence-corrected chi connectivity index (χ0v) is 17.4. The van der Waals surface area contributed by atoms with Crippen LogP contribution in [0.15, 0.2) is 82.3 Å². The van der Waals surface area contributed by atoms with Crippen LogP contribution in [0, 0.1) is 0 Å². The number of carbonyl (C=O) groups excluding carboxylic acids is 2. The third-order valence-electron chi connectivity index (χ3n) is 4.91. The van der Waals surface area contributed by atoms with Gasteiger partial charge in [0.25, 0.3) is 11.8 Å². The smallest absolute Gasteiger partial charge is 0.268 e. The molecule has 1 aliphatic rings. The monoisotopic (exact) mass is 419 g/mol. The second kappa shape index (κ2) is 9.05. The molecule has 0 bridgehead atoms. The van der Waals surface area contributed by atoms with Crippen LogP contribution >= 0.6 is 11.8 Å². The van der Waals surface area contributed by atoms with E-state index in [0.717, 1.165) is 22.6 Å². The van der Waals surface area contributed by atoms with E-state index in [0.29, 0.717) is 29.2 Å². The molecule has 0 N–H and O–H groups in total. The van der Waals surface area contributed by atoms with Crippen molar-refractivity contribution in [2.45, 2.75) is 12.2 Å². The number of amides is 2. The molecule has 0 radical (unpaired) electrons. The normalized spacial score (nSPS) is 14.0. The predicted molar refractivity (Wildman–Crippen MR) is 117 cm³/mol. The number of hydrogen-bond acceptors (Lipinski definition) is 5. The van der Waals surface area contributed by atoms with Gasteiger partial charge in [0.15, 0.2) is 0 Å². The van der Waals surface area contributed by atoms with Crippen LogP contribution in [0.4, 0.5) is 0 Å². The molecule has 0 unspecified atom stereocenters. The summed E-state index contributed by atoms with van der Waals surface area (Å²) in [5.74, 6) is 1.53. The first kappa shape index (κ1) is 20.0. The first-order chi connectivity index (χ1) is 14.7. The molecule has 1 aliphatic heterocycles. The summed E-state index contributed by atoms with van der Waals surface area (Å²) in [5, 5.41) is 0. The van der Waals surface area contributed by atoms with Gasteiger partial charge in [0.2, 0.25) is 0 Å².